The minimum absolute atomic E-state index is 0.0131. The molecular weight excluding hydrogens is 488 g/mol. The number of fused-ring (bicyclic) bond motifs is 3. The van der Waals surface area contributed by atoms with Gasteiger partial charge in [-0.3, -0.25) is 14.5 Å². The van der Waals surface area contributed by atoms with E-state index in [1.54, 1.807) is 67.8 Å². The number of thiazole rings is 1. The van der Waals surface area contributed by atoms with Gasteiger partial charge in [0.1, 0.15) is 23.1 Å². The van der Waals surface area contributed by atoms with E-state index >= 15 is 0 Å². The van der Waals surface area contributed by atoms with Gasteiger partial charge in [-0.25, -0.2) is 4.98 Å². The Bertz CT molecular complexity index is 1710. The predicted octanol–water partition coefficient (Wildman–Crippen LogP) is 5.82. The van der Waals surface area contributed by atoms with Crippen molar-refractivity contribution >= 4 is 55.2 Å². The Labute approximate surface area is 208 Å². The smallest absolute Gasteiger partial charge is 0.297 e. The molecule has 9 heteroatoms. The maximum atomic E-state index is 13.8. The number of hydrogen-bond donors (Lipinski definition) is 0. The Kier molecular flexibility index (Phi) is 5.01. The molecule has 0 fully saturated rings. The van der Waals surface area contributed by atoms with Crippen LogP contribution in [0.15, 0.2) is 69.9 Å². The molecule has 1 aliphatic rings. The molecule has 1 aliphatic heterocycles. The van der Waals surface area contributed by atoms with Crippen LogP contribution in [0.4, 0.5) is 5.13 Å². The molecule has 0 radical (unpaired) electrons. The Morgan fingerprint density at radius 3 is 2.66 bits per heavy atom. The van der Waals surface area contributed by atoms with E-state index in [2.05, 4.69) is 0 Å². The van der Waals surface area contributed by atoms with Gasteiger partial charge in [-0.2, -0.15) is 0 Å². The van der Waals surface area contributed by atoms with Crippen LogP contribution >= 0.6 is 22.9 Å². The van der Waals surface area contributed by atoms with Crippen LogP contribution in [0.1, 0.15) is 27.7 Å². The molecule has 174 valence electrons. The van der Waals surface area contributed by atoms with E-state index in [1.165, 1.54) is 23.3 Å². The molecule has 6 rings (SSSR count). The lowest BCUT2D eigenvalue weighted by Crippen LogP contribution is -2.29. The van der Waals surface area contributed by atoms with Gasteiger partial charge in [0.25, 0.3) is 5.91 Å². The lowest BCUT2D eigenvalue weighted by molar-refractivity contribution is 0.0971. The van der Waals surface area contributed by atoms with Gasteiger partial charge in [0.2, 0.25) is 5.76 Å². The van der Waals surface area contributed by atoms with Crippen molar-refractivity contribution in [3.63, 3.8) is 0 Å². The van der Waals surface area contributed by atoms with Gasteiger partial charge in [-0.1, -0.05) is 35.1 Å². The minimum atomic E-state index is -0.834. The lowest BCUT2D eigenvalue weighted by atomic mass is 9.97. The second-order valence-corrected chi connectivity index (χ2v) is 9.41. The minimum Gasteiger partial charge on any atom is -0.497 e. The van der Waals surface area contributed by atoms with Crippen molar-refractivity contribution in [1.82, 2.24) is 4.98 Å². The summed E-state index contributed by atoms with van der Waals surface area (Å²) in [7, 11) is 3.09. The number of anilines is 1. The number of para-hydroxylation sites is 1. The number of halogens is 1. The molecule has 0 saturated carbocycles. The molecule has 5 aromatic rings. The highest BCUT2D eigenvalue weighted by molar-refractivity contribution is 7.22. The zero-order chi connectivity index (χ0) is 24.3. The van der Waals surface area contributed by atoms with E-state index in [0.29, 0.717) is 43.7 Å². The Hall–Kier alpha value is -3.88. The summed E-state index contributed by atoms with van der Waals surface area (Å²) in [6.45, 7) is 0. The first-order chi connectivity index (χ1) is 17.0. The van der Waals surface area contributed by atoms with Gasteiger partial charge in [0.05, 0.1) is 35.4 Å². The maximum Gasteiger partial charge on any atom is 0.297 e. The van der Waals surface area contributed by atoms with Crippen molar-refractivity contribution < 1.29 is 18.7 Å². The number of carbonyl (C=O) groups excluding carboxylic acids is 1. The molecule has 1 atom stereocenters. The van der Waals surface area contributed by atoms with Crippen LogP contribution in [0.5, 0.6) is 11.5 Å². The molecule has 0 bridgehead atoms. The van der Waals surface area contributed by atoms with Gasteiger partial charge in [-0.05, 0) is 48.5 Å². The fourth-order valence-electron chi connectivity index (χ4n) is 4.45. The van der Waals surface area contributed by atoms with Crippen LogP contribution in [-0.2, 0) is 0 Å². The molecule has 3 aromatic carbocycles. The molecule has 3 heterocycles. The van der Waals surface area contributed by atoms with E-state index < -0.39 is 11.9 Å². The van der Waals surface area contributed by atoms with Gasteiger partial charge < -0.3 is 13.9 Å². The quantitative estimate of drug-likeness (QED) is 0.306. The largest absolute Gasteiger partial charge is 0.497 e. The Morgan fingerprint density at radius 2 is 1.86 bits per heavy atom. The van der Waals surface area contributed by atoms with Gasteiger partial charge >= 0.3 is 0 Å². The van der Waals surface area contributed by atoms with Crippen molar-refractivity contribution in [2.24, 2.45) is 0 Å². The van der Waals surface area contributed by atoms with Gasteiger partial charge in [0, 0.05) is 10.6 Å². The molecule has 35 heavy (non-hydrogen) atoms. The number of carbonyl (C=O) groups is 1. The standard InChI is InChI=1S/C26H17ClN2O5S/c1-32-14-8-10-18(33-2)16(12-14)22-21-23(30)15-5-3-4-6-19(15)34-24(21)25(31)29(22)26-28-17-9-7-13(27)11-20(17)35-26/h3-12,22H,1-2H3/t22-/m0/s1. The summed E-state index contributed by atoms with van der Waals surface area (Å²) < 4.78 is 17.9. The highest BCUT2D eigenvalue weighted by Gasteiger charge is 2.46. The topological polar surface area (TPSA) is 81.9 Å². The Balaban J connectivity index is 1.67. The number of amides is 1. The molecule has 0 N–H and O–H groups in total. The number of methoxy groups -OCH3 is 2. The third-order valence-electron chi connectivity index (χ3n) is 6.05. The number of aromatic nitrogens is 1. The van der Waals surface area contributed by atoms with Crippen molar-refractivity contribution in [1.29, 1.82) is 0 Å². The van der Waals surface area contributed by atoms with Crippen LogP contribution in [-0.4, -0.2) is 25.1 Å². The van der Waals surface area contributed by atoms with E-state index in [4.69, 9.17) is 30.5 Å². The second kappa shape index (κ2) is 8.11. The third-order valence-corrected chi connectivity index (χ3v) is 7.31. The summed E-state index contributed by atoms with van der Waals surface area (Å²) in [5.41, 5.74) is 1.57. The number of nitrogens with zero attached hydrogens (tertiary/aromatic N) is 2. The average molecular weight is 505 g/mol. The second-order valence-electron chi connectivity index (χ2n) is 7.96. The number of rotatable bonds is 4. The molecule has 7 nitrogen and oxygen atoms in total. The van der Waals surface area contributed by atoms with Crippen molar-refractivity contribution in [3.8, 4) is 11.5 Å². The summed E-state index contributed by atoms with van der Waals surface area (Å²) in [6, 6.07) is 16.7. The fraction of sp³-hybridized carbons (Fsp3) is 0.115. The highest BCUT2D eigenvalue weighted by Crippen LogP contribution is 2.46. The fourth-order valence-corrected chi connectivity index (χ4v) is 5.72. The first-order valence-corrected chi connectivity index (χ1v) is 11.9. The molecular formula is C26H17ClN2O5S. The van der Waals surface area contributed by atoms with E-state index in [0.717, 1.165) is 4.70 Å². The summed E-state index contributed by atoms with van der Waals surface area (Å²) in [6.07, 6.45) is 0. The Morgan fingerprint density at radius 1 is 1.03 bits per heavy atom. The number of benzene rings is 3. The number of hydrogen-bond acceptors (Lipinski definition) is 7. The third kappa shape index (κ3) is 3.29. The lowest BCUT2D eigenvalue weighted by Gasteiger charge is -2.24. The van der Waals surface area contributed by atoms with E-state index in [9.17, 15) is 9.59 Å². The van der Waals surface area contributed by atoms with E-state index in [-0.39, 0.29) is 16.8 Å². The first-order valence-electron chi connectivity index (χ1n) is 10.7. The van der Waals surface area contributed by atoms with Crippen LogP contribution < -0.4 is 19.8 Å². The summed E-state index contributed by atoms with van der Waals surface area (Å²) in [4.78, 5) is 33.8. The molecule has 0 spiro atoms. The van der Waals surface area contributed by atoms with Crippen molar-refractivity contribution in [3.05, 3.63) is 92.8 Å². The first kappa shape index (κ1) is 21.6. The highest BCUT2D eigenvalue weighted by atomic mass is 35.5. The zero-order valence-corrected chi connectivity index (χ0v) is 20.1. The van der Waals surface area contributed by atoms with Gasteiger partial charge in [0.15, 0.2) is 10.6 Å². The van der Waals surface area contributed by atoms with Crippen molar-refractivity contribution in [2.45, 2.75) is 6.04 Å². The molecule has 1 amide bonds. The normalized spacial score (nSPS) is 15.1. The molecule has 2 aromatic heterocycles. The van der Waals surface area contributed by atoms with Crippen LogP contribution in [0, 0.1) is 0 Å². The van der Waals surface area contributed by atoms with Gasteiger partial charge in [-0.15, -0.1) is 0 Å². The zero-order valence-electron chi connectivity index (χ0n) is 18.6. The monoisotopic (exact) mass is 504 g/mol. The maximum absolute atomic E-state index is 13.8. The molecule has 0 aliphatic carbocycles. The van der Waals surface area contributed by atoms with Crippen LogP contribution in [0.25, 0.3) is 21.2 Å². The summed E-state index contributed by atoms with van der Waals surface area (Å²) in [5, 5.41) is 1.37. The summed E-state index contributed by atoms with van der Waals surface area (Å²) in [5.74, 6) is 0.588. The summed E-state index contributed by atoms with van der Waals surface area (Å²) >= 11 is 7.49. The molecule has 0 unspecified atom stereocenters. The number of ether oxygens (including phenoxy) is 2. The van der Waals surface area contributed by atoms with E-state index in [1.807, 2.05) is 0 Å². The van der Waals surface area contributed by atoms with Crippen LogP contribution in [0.2, 0.25) is 5.02 Å². The van der Waals surface area contributed by atoms with Crippen LogP contribution in [0.3, 0.4) is 0 Å². The predicted molar refractivity (Wildman–Crippen MR) is 135 cm³/mol. The van der Waals surface area contributed by atoms with Crippen molar-refractivity contribution in [2.75, 3.05) is 19.1 Å². The average Bonchev–Trinajstić information content (AvgIpc) is 3.41. The molecule has 0 saturated heterocycles. The SMILES string of the molecule is COc1ccc(OC)c([C@H]2c3c(oc4ccccc4c3=O)C(=O)N2c2nc3ccc(Cl)cc3s2)c1.